The number of thioether (sulfide) groups is 1. The van der Waals surface area contributed by atoms with Gasteiger partial charge >= 0.3 is 0 Å². The van der Waals surface area contributed by atoms with Crippen molar-refractivity contribution in [3.8, 4) is 6.07 Å². The summed E-state index contributed by atoms with van der Waals surface area (Å²) in [4.78, 5) is 22.7. The zero-order chi connectivity index (χ0) is 14.7. The third-order valence-electron chi connectivity index (χ3n) is 3.33. The molecule has 0 aromatic carbocycles. The van der Waals surface area contributed by atoms with Gasteiger partial charge in [-0.2, -0.15) is 5.26 Å². The van der Waals surface area contributed by atoms with Crippen molar-refractivity contribution in [2.24, 2.45) is 0 Å². The van der Waals surface area contributed by atoms with Crippen LogP contribution < -0.4 is 0 Å². The number of hydrogen-bond acceptors (Lipinski definition) is 5. The molecule has 1 aromatic rings. The highest BCUT2D eigenvalue weighted by Gasteiger charge is 2.25. The zero-order valence-electron chi connectivity index (χ0n) is 12.0. The first-order valence-electron chi connectivity index (χ1n) is 6.73. The first-order valence-corrected chi connectivity index (χ1v) is 7.61. The quantitative estimate of drug-likeness (QED) is 0.629. The lowest BCUT2D eigenvalue weighted by Gasteiger charge is -2.20. The summed E-state index contributed by atoms with van der Waals surface area (Å²) >= 11 is 1.35. The molecule has 1 aliphatic rings. The average molecular weight is 290 g/mol. The number of amides is 1. The van der Waals surface area contributed by atoms with Crippen molar-refractivity contribution in [1.29, 1.82) is 5.26 Å². The third kappa shape index (κ3) is 3.10. The smallest absolute Gasteiger partial charge is 0.235 e. The lowest BCUT2D eigenvalue weighted by atomic mass is 10.3. The number of nitriles is 1. The lowest BCUT2D eigenvalue weighted by molar-refractivity contribution is -0.129. The molecule has 0 N–H and O–H groups in total. The van der Waals surface area contributed by atoms with E-state index in [2.05, 4.69) is 16.0 Å². The Balaban J connectivity index is 2.17. The highest BCUT2D eigenvalue weighted by molar-refractivity contribution is 8.00. The molecule has 0 radical (unpaired) electrons. The number of carbonyl (C=O) groups is 1. The molecule has 1 fully saturated rings. The second-order valence-electron chi connectivity index (χ2n) is 4.94. The first-order chi connectivity index (χ1) is 9.52. The van der Waals surface area contributed by atoms with E-state index in [-0.39, 0.29) is 11.2 Å². The molecule has 1 aromatic heterocycles. The molecule has 1 atom stereocenters. The number of likely N-dealkylation sites (tertiary alicyclic amines) is 1. The highest BCUT2D eigenvalue weighted by Crippen LogP contribution is 2.27. The molecule has 20 heavy (non-hydrogen) atoms. The van der Waals surface area contributed by atoms with Crippen molar-refractivity contribution < 1.29 is 4.79 Å². The molecule has 1 unspecified atom stereocenters. The van der Waals surface area contributed by atoms with Gasteiger partial charge in [-0.1, -0.05) is 11.8 Å². The zero-order valence-corrected chi connectivity index (χ0v) is 12.8. The van der Waals surface area contributed by atoms with Crippen molar-refractivity contribution in [1.82, 2.24) is 14.9 Å². The molecule has 6 heteroatoms. The van der Waals surface area contributed by atoms with Crippen LogP contribution in [0.4, 0.5) is 0 Å². The summed E-state index contributed by atoms with van der Waals surface area (Å²) in [5.41, 5.74) is 1.14. The fraction of sp³-hybridized carbons (Fsp3) is 0.571. The molecule has 0 bridgehead atoms. The summed E-state index contributed by atoms with van der Waals surface area (Å²) in [6, 6.07) is 2.13. The van der Waals surface area contributed by atoms with Gasteiger partial charge in [0.25, 0.3) is 0 Å². The second-order valence-corrected chi connectivity index (χ2v) is 6.27. The van der Waals surface area contributed by atoms with Crippen LogP contribution in [0.5, 0.6) is 0 Å². The molecular formula is C14H18N4OS. The monoisotopic (exact) mass is 290 g/mol. The fourth-order valence-corrected chi connectivity index (χ4v) is 3.39. The number of hydrogen-bond donors (Lipinski definition) is 0. The van der Waals surface area contributed by atoms with Crippen LogP contribution in [0.3, 0.4) is 0 Å². The summed E-state index contributed by atoms with van der Waals surface area (Å²) in [6.07, 6.45) is 2.16. The van der Waals surface area contributed by atoms with Gasteiger partial charge in [0.15, 0.2) is 0 Å². The van der Waals surface area contributed by atoms with Gasteiger partial charge in [-0.3, -0.25) is 4.79 Å². The summed E-state index contributed by atoms with van der Waals surface area (Å²) in [6.45, 7) is 7.15. The van der Waals surface area contributed by atoms with Gasteiger partial charge in [0.2, 0.25) is 5.91 Å². The number of aryl methyl sites for hydroxylation is 2. The van der Waals surface area contributed by atoms with Crippen LogP contribution in [0.25, 0.3) is 0 Å². The summed E-state index contributed by atoms with van der Waals surface area (Å²) in [5, 5.41) is 9.60. The predicted octanol–water partition coefficient (Wildman–Crippen LogP) is 2.07. The van der Waals surface area contributed by atoms with Crippen molar-refractivity contribution in [3.05, 3.63) is 17.1 Å². The molecule has 1 saturated heterocycles. The van der Waals surface area contributed by atoms with Gasteiger partial charge in [-0.15, -0.1) is 0 Å². The van der Waals surface area contributed by atoms with Gasteiger partial charge in [0.05, 0.1) is 10.9 Å². The Morgan fingerprint density at radius 2 is 2.00 bits per heavy atom. The molecule has 0 saturated carbocycles. The van der Waals surface area contributed by atoms with Crippen LogP contribution in [0.2, 0.25) is 0 Å². The Morgan fingerprint density at radius 3 is 2.60 bits per heavy atom. The highest BCUT2D eigenvalue weighted by atomic mass is 32.2. The Bertz CT molecular complexity index is 561. The second kappa shape index (κ2) is 6.23. The van der Waals surface area contributed by atoms with E-state index in [9.17, 15) is 10.1 Å². The maximum absolute atomic E-state index is 12.3. The molecule has 2 heterocycles. The molecule has 106 valence electrons. The van der Waals surface area contributed by atoms with Gasteiger partial charge < -0.3 is 4.90 Å². The Hall–Kier alpha value is -1.61. The van der Waals surface area contributed by atoms with E-state index in [1.54, 1.807) is 13.8 Å². The predicted molar refractivity (Wildman–Crippen MR) is 77.4 cm³/mol. The minimum Gasteiger partial charge on any atom is -0.342 e. The molecule has 2 rings (SSSR count). The Kier molecular flexibility index (Phi) is 4.61. The average Bonchev–Trinajstić information content (AvgIpc) is 2.91. The maximum Gasteiger partial charge on any atom is 0.235 e. The maximum atomic E-state index is 12.3. The number of rotatable bonds is 3. The summed E-state index contributed by atoms with van der Waals surface area (Å²) in [7, 11) is 0. The summed E-state index contributed by atoms with van der Waals surface area (Å²) in [5.74, 6) is 0.759. The van der Waals surface area contributed by atoms with Crippen molar-refractivity contribution in [2.75, 3.05) is 13.1 Å². The van der Waals surface area contributed by atoms with Crippen LogP contribution in [0.1, 0.15) is 36.8 Å². The SMILES string of the molecule is Cc1nc(C)c(C#N)c(SC(C)C(=O)N2CCCC2)n1. The van der Waals surface area contributed by atoms with Crippen molar-refractivity contribution >= 4 is 17.7 Å². The van der Waals surface area contributed by atoms with Crippen LogP contribution in [-0.2, 0) is 4.79 Å². The third-order valence-corrected chi connectivity index (χ3v) is 4.41. The Morgan fingerprint density at radius 1 is 1.35 bits per heavy atom. The van der Waals surface area contributed by atoms with E-state index >= 15 is 0 Å². The summed E-state index contributed by atoms with van der Waals surface area (Å²) < 4.78 is 0. The van der Waals surface area contributed by atoms with E-state index in [1.165, 1.54) is 11.8 Å². The van der Waals surface area contributed by atoms with Gasteiger partial charge in [-0.05, 0) is 33.6 Å². The first kappa shape index (κ1) is 14.8. The number of nitrogens with zero attached hydrogens (tertiary/aromatic N) is 4. The molecule has 5 nitrogen and oxygen atoms in total. The van der Waals surface area contributed by atoms with Gasteiger partial charge in [-0.25, -0.2) is 9.97 Å². The van der Waals surface area contributed by atoms with Gasteiger partial charge in [0, 0.05) is 13.1 Å². The molecule has 1 amide bonds. The molecule has 0 spiro atoms. The van der Waals surface area contributed by atoms with Crippen LogP contribution in [-0.4, -0.2) is 39.1 Å². The lowest BCUT2D eigenvalue weighted by Crippen LogP contribution is -2.34. The van der Waals surface area contributed by atoms with E-state index in [4.69, 9.17) is 0 Å². The minimum atomic E-state index is -0.228. The Labute approximate surface area is 123 Å². The van der Waals surface area contributed by atoms with E-state index < -0.39 is 0 Å². The van der Waals surface area contributed by atoms with Crippen molar-refractivity contribution in [2.45, 2.75) is 43.9 Å². The topological polar surface area (TPSA) is 69.9 Å². The van der Waals surface area contributed by atoms with Gasteiger partial charge in [0.1, 0.15) is 22.5 Å². The number of aromatic nitrogens is 2. The largest absolute Gasteiger partial charge is 0.342 e. The van der Waals surface area contributed by atoms with E-state index in [0.29, 0.717) is 22.1 Å². The fourth-order valence-electron chi connectivity index (χ4n) is 2.31. The molecule has 1 aliphatic heterocycles. The van der Waals surface area contributed by atoms with Crippen LogP contribution >= 0.6 is 11.8 Å². The normalized spacial score (nSPS) is 16.0. The minimum absolute atomic E-state index is 0.130. The number of carbonyl (C=O) groups excluding carboxylic acids is 1. The standard InChI is InChI=1S/C14H18N4OS/c1-9-12(8-15)13(17-11(3)16-9)20-10(2)14(19)18-6-4-5-7-18/h10H,4-7H2,1-3H3. The van der Waals surface area contributed by atoms with Crippen molar-refractivity contribution in [3.63, 3.8) is 0 Å². The molecule has 0 aliphatic carbocycles. The van der Waals surface area contributed by atoms with E-state index in [1.807, 2.05) is 11.8 Å². The molecular weight excluding hydrogens is 272 g/mol. The van der Waals surface area contributed by atoms with Crippen LogP contribution in [0, 0.1) is 25.2 Å². The van der Waals surface area contributed by atoms with Crippen LogP contribution in [0.15, 0.2) is 5.03 Å². The van der Waals surface area contributed by atoms with E-state index in [0.717, 1.165) is 25.9 Å².